The molecule has 0 aromatic carbocycles. The number of rotatable bonds is 1. The molecule has 0 saturated heterocycles. The molecule has 1 atom stereocenters. The van der Waals surface area contributed by atoms with E-state index in [1.54, 1.807) is 5.57 Å². The highest BCUT2D eigenvalue weighted by Gasteiger charge is 2.14. The Morgan fingerprint density at radius 3 is 2.60 bits per heavy atom. The summed E-state index contributed by atoms with van der Waals surface area (Å²) in [5, 5.41) is 0. The van der Waals surface area contributed by atoms with E-state index >= 15 is 0 Å². The Labute approximate surface area is 64.3 Å². The fraction of sp³-hybridized carbons (Fsp3) is 0.800. The van der Waals surface area contributed by atoms with Gasteiger partial charge in [-0.3, -0.25) is 0 Å². The van der Waals surface area contributed by atoms with Crippen LogP contribution < -0.4 is 0 Å². The Kier molecular flexibility index (Phi) is 2.53. The van der Waals surface area contributed by atoms with E-state index in [0.29, 0.717) is 0 Å². The molecule has 1 saturated carbocycles. The van der Waals surface area contributed by atoms with Crippen molar-refractivity contribution in [3.63, 3.8) is 0 Å². The maximum Gasteiger partial charge on any atom is -0.0288 e. The molecule has 0 heterocycles. The summed E-state index contributed by atoms with van der Waals surface area (Å²) >= 11 is 0. The second kappa shape index (κ2) is 3.23. The van der Waals surface area contributed by atoms with Crippen LogP contribution in [0.5, 0.6) is 0 Å². The van der Waals surface area contributed by atoms with Crippen molar-refractivity contribution in [2.45, 2.75) is 40.0 Å². The Balaban J connectivity index is 2.43. The van der Waals surface area contributed by atoms with Gasteiger partial charge in [0, 0.05) is 0 Å². The quantitative estimate of drug-likeness (QED) is 0.487. The molecular weight excluding hydrogens is 120 g/mol. The molecule has 0 aromatic rings. The minimum atomic E-state index is 0.750. The van der Waals surface area contributed by atoms with E-state index in [0.717, 1.165) is 11.8 Å². The summed E-state index contributed by atoms with van der Waals surface area (Å²) in [7, 11) is 0. The summed E-state index contributed by atoms with van der Waals surface area (Å²) in [5.41, 5.74) is 1.70. The topological polar surface area (TPSA) is 0 Å². The van der Waals surface area contributed by atoms with Gasteiger partial charge in [0.1, 0.15) is 0 Å². The van der Waals surface area contributed by atoms with Crippen molar-refractivity contribution in [1.29, 1.82) is 0 Å². The smallest absolute Gasteiger partial charge is 0.0288 e. The zero-order chi connectivity index (χ0) is 7.56. The molecule has 0 aliphatic heterocycles. The van der Waals surface area contributed by atoms with E-state index in [1.807, 2.05) is 0 Å². The lowest BCUT2D eigenvalue weighted by Gasteiger charge is -1.99. The first kappa shape index (κ1) is 7.84. The van der Waals surface area contributed by atoms with Crippen LogP contribution in [0.1, 0.15) is 40.0 Å². The molecular formula is C10H18. The van der Waals surface area contributed by atoms with Gasteiger partial charge in [-0.1, -0.05) is 32.4 Å². The summed E-state index contributed by atoms with van der Waals surface area (Å²) in [6.45, 7) is 6.87. The van der Waals surface area contributed by atoms with E-state index in [1.165, 1.54) is 19.3 Å². The molecule has 1 fully saturated rings. The SMILES string of the molecule is CC(C)/C=C1/CCC(C)C1. The molecule has 0 amide bonds. The van der Waals surface area contributed by atoms with Gasteiger partial charge in [-0.15, -0.1) is 0 Å². The summed E-state index contributed by atoms with van der Waals surface area (Å²) in [5.74, 6) is 1.70. The summed E-state index contributed by atoms with van der Waals surface area (Å²) < 4.78 is 0. The molecule has 0 bridgehead atoms. The zero-order valence-electron chi connectivity index (χ0n) is 7.35. The van der Waals surface area contributed by atoms with Crippen LogP contribution in [0, 0.1) is 11.8 Å². The highest BCUT2D eigenvalue weighted by atomic mass is 14.2. The fourth-order valence-electron chi connectivity index (χ4n) is 1.71. The standard InChI is InChI=1S/C10H18/c1-8(2)6-10-5-4-9(3)7-10/h6,8-9H,4-5,7H2,1-3H3/b10-6-. The van der Waals surface area contributed by atoms with Crippen molar-refractivity contribution in [1.82, 2.24) is 0 Å². The molecule has 1 aliphatic rings. The normalized spacial score (nSPS) is 30.4. The Morgan fingerprint density at radius 1 is 1.50 bits per heavy atom. The Bertz CT molecular complexity index is 131. The summed E-state index contributed by atoms with van der Waals surface area (Å²) in [6.07, 6.45) is 6.57. The third kappa shape index (κ3) is 2.17. The predicted molar refractivity (Wildman–Crippen MR) is 45.9 cm³/mol. The van der Waals surface area contributed by atoms with Gasteiger partial charge in [0.2, 0.25) is 0 Å². The lowest BCUT2D eigenvalue weighted by molar-refractivity contribution is 0.619. The van der Waals surface area contributed by atoms with Crippen molar-refractivity contribution in [3.05, 3.63) is 11.6 Å². The third-order valence-electron chi connectivity index (χ3n) is 2.14. The van der Waals surface area contributed by atoms with Gasteiger partial charge in [-0.25, -0.2) is 0 Å². The number of hydrogen-bond donors (Lipinski definition) is 0. The first-order valence-corrected chi connectivity index (χ1v) is 4.38. The molecule has 0 nitrogen and oxygen atoms in total. The van der Waals surface area contributed by atoms with Crippen molar-refractivity contribution in [2.75, 3.05) is 0 Å². The highest BCUT2D eigenvalue weighted by molar-refractivity contribution is 5.08. The van der Waals surface area contributed by atoms with Crippen LogP contribution in [0.2, 0.25) is 0 Å². The second-order valence-electron chi connectivity index (χ2n) is 3.92. The zero-order valence-corrected chi connectivity index (χ0v) is 7.35. The molecule has 1 aliphatic carbocycles. The molecule has 0 spiro atoms. The van der Waals surface area contributed by atoms with Gasteiger partial charge in [0.05, 0.1) is 0 Å². The minimum absolute atomic E-state index is 0.750. The van der Waals surface area contributed by atoms with Gasteiger partial charge in [-0.2, -0.15) is 0 Å². The van der Waals surface area contributed by atoms with Gasteiger partial charge in [-0.05, 0) is 31.1 Å². The van der Waals surface area contributed by atoms with Gasteiger partial charge in [0.25, 0.3) is 0 Å². The molecule has 0 radical (unpaired) electrons. The van der Waals surface area contributed by atoms with Gasteiger partial charge in [0.15, 0.2) is 0 Å². The Hall–Kier alpha value is -0.260. The molecule has 58 valence electrons. The van der Waals surface area contributed by atoms with E-state index in [9.17, 15) is 0 Å². The second-order valence-corrected chi connectivity index (χ2v) is 3.92. The molecule has 0 N–H and O–H groups in total. The van der Waals surface area contributed by atoms with Gasteiger partial charge < -0.3 is 0 Å². The number of allylic oxidation sites excluding steroid dienone is 2. The van der Waals surface area contributed by atoms with Crippen molar-refractivity contribution >= 4 is 0 Å². The van der Waals surface area contributed by atoms with Crippen LogP contribution in [0.15, 0.2) is 11.6 Å². The number of hydrogen-bond acceptors (Lipinski definition) is 0. The molecule has 10 heavy (non-hydrogen) atoms. The van der Waals surface area contributed by atoms with E-state index in [4.69, 9.17) is 0 Å². The maximum atomic E-state index is 2.43. The lowest BCUT2D eigenvalue weighted by Crippen LogP contribution is -1.84. The average molecular weight is 138 g/mol. The van der Waals surface area contributed by atoms with Crippen LogP contribution in [0.4, 0.5) is 0 Å². The molecule has 1 rings (SSSR count). The van der Waals surface area contributed by atoms with Crippen LogP contribution in [0.3, 0.4) is 0 Å². The monoisotopic (exact) mass is 138 g/mol. The molecule has 1 unspecified atom stereocenters. The van der Waals surface area contributed by atoms with Crippen LogP contribution >= 0.6 is 0 Å². The Morgan fingerprint density at radius 2 is 2.20 bits per heavy atom. The van der Waals surface area contributed by atoms with Crippen molar-refractivity contribution in [2.24, 2.45) is 11.8 Å². The van der Waals surface area contributed by atoms with Crippen LogP contribution in [-0.2, 0) is 0 Å². The van der Waals surface area contributed by atoms with Crippen molar-refractivity contribution in [3.8, 4) is 0 Å². The first-order chi connectivity index (χ1) is 4.68. The highest BCUT2D eigenvalue weighted by Crippen LogP contribution is 2.30. The lowest BCUT2D eigenvalue weighted by atomic mass is 10.1. The largest absolute Gasteiger partial charge is 0.0828 e. The van der Waals surface area contributed by atoms with E-state index in [2.05, 4.69) is 26.8 Å². The van der Waals surface area contributed by atoms with Gasteiger partial charge >= 0.3 is 0 Å². The molecule has 0 aromatic heterocycles. The van der Waals surface area contributed by atoms with E-state index in [-0.39, 0.29) is 0 Å². The predicted octanol–water partition coefficient (Wildman–Crippen LogP) is 3.39. The maximum absolute atomic E-state index is 2.43. The average Bonchev–Trinajstić information content (AvgIpc) is 2.13. The van der Waals surface area contributed by atoms with Crippen LogP contribution in [-0.4, -0.2) is 0 Å². The first-order valence-electron chi connectivity index (χ1n) is 4.38. The minimum Gasteiger partial charge on any atom is -0.0828 e. The third-order valence-corrected chi connectivity index (χ3v) is 2.14. The van der Waals surface area contributed by atoms with Crippen molar-refractivity contribution < 1.29 is 0 Å². The summed E-state index contributed by atoms with van der Waals surface area (Å²) in [4.78, 5) is 0. The van der Waals surface area contributed by atoms with Crippen LogP contribution in [0.25, 0.3) is 0 Å². The molecule has 0 heteroatoms. The van der Waals surface area contributed by atoms with E-state index < -0.39 is 0 Å². The fourth-order valence-corrected chi connectivity index (χ4v) is 1.71. The summed E-state index contributed by atoms with van der Waals surface area (Å²) in [6, 6.07) is 0.